The van der Waals surface area contributed by atoms with E-state index in [1.165, 1.54) is 24.8 Å². The molecule has 1 aliphatic heterocycles. The Kier molecular flexibility index (Phi) is 3.90. The van der Waals surface area contributed by atoms with Crippen LogP contribution in [0.2, 0.25) is 0 Å². The van der Waals surface area contributed by atoms with Gasteiger partial charge in [-0.3, -0.25) is 4.79 Å². The van der Waals surface area contributed by atoms with Crippen molar-refractivity contribution in [2.45, 2.75) is 38.0 Å². The van der Waals surface area contributed by atoms with Crippen LogP contribution in [0.1, 0.15) is 53.9 Å². The summed E-state index contributed by atoms with van der Waals surface area (Å²) in [5.41, 5.74) is 7.68. The van der Waals surface area contributed by atoms with Gasteiger partial charge in [-0.25, -0.2) is 0 Å². The lowest BCUT2D eigenvalue weighted by atomic mass is 9.73. The molecule has 0 unspecified atom stereocenters. The topological polar surface area (TPSA) is 52.3 Å². The van der Waals surface area contributed by atoms with E-state index in [0.29, 0.717) is 25.7 Å². The Morgan fingerprint density at radius 1 is 1.20 bits per heavy atom. The van der Waals surface area contributed by atoms with Crippen molar-refractivity contribution in [2.75, 3.05) is 19.8 Å². The SMILES string of the molecule is NCC1(C(=O)c2ccc(C3CCC3)cc2)CCOCC1. The van der Waals surface area contributed by atoms with E-state index in [4.69, 9.17) is 10.5 Å². The second-order valence-corrected chi connectivity index (χ2v) is 6.18. The molecule has 2 fully saturated rings. The van der Waals surface area contributed by atoms with E-state index in [1.807, 2.05) is 12.1 Å². The number of rotatable bonds is 4. The number of ketones is 1. The third-order valence-electron chi connectivity index (χ3n) is 5.07. The summed E-state index contributed by atoms with van der Waals surface area (Å²) in [4.78, 5) is 12.8. The van der Waals surface area contributed by atoms with Gasteiger partial charge in [-0.2, -0.15) is 0 Å². The summed E-state index contributed by atoms with van der Waals surface area (Å²) in [6, 6.07) is 8.23. The van der Waals surface area contributed by atoms with E-state index in [2.05, 4.69) is 12.1 Å². The maximum absolute atomic E-state index is 12.8. The largest absolute Gasteiger partial charge is 0.381 e. The molecule has 108 valence electrons. The van der Waals surface area contributed by atoms with E-state index >= 15 is 0 Å². The van der Waals surface area contributed by atoms with Gasteiger partial charge in [0.2, 0.25) is 0 Å². The number of benzene rings is 1. The Morgan fingerprint density at radius 3 is 2.35 bits per heavy atom. The highest BCUT2D eigenvalue weighted by atomic mass is 16.5. The van der Waals surface area contributed by atoms with E-state index in [-0.39, 0.29) is 5.78 Å². The predicted molar refractivity (Wildman–Crippen MR) is 78.9 cm³/mol. The third-order valence-corrected chi connectivity index (χ3v) is 5.07. The Balaban J connectivity index is 1.78. The van der Waals surface area contributed by atoms with Crippen molar-refractivity contribution < 1.29 is 9.53 Å². The molecule has 1 saturated carbocycles. The number of ether oxygens (including phenoxy) is 1. The number of hydrogen-bond donors (Lipinski definition) is 1. The lowest BCUT2D eigenvalue weighted by Crippen LogP contribution is -2.43. The van der Waals surface area contributed by atoms with Crippen LogP contribution < -0.4 is 5.73 Å². The van der Waals surface area contributed by atoms with Crippen LogP contribution in [0.25, 0.3) is 0 Å². The number of carbonyl (C=O) groups is 1. The molecular weight excluding hydrogens is 250 g/mol. The summed E-state index contributed by atoms with van der Waals surface area (Å²) in [6.07, 6.45) is 5.40. The first-order valence-electron chi connectivity index (χ1n) is 7.68. The van der Waals surface area contributed by atoms with E-state index in [0.717, 1.165) is 18.4 Å². The van der Waals surface area contributed by atoms with Crippen LogP contribution in [-0.2, 0) is 4.74 Å². The molecule has 20 heavy (non-hydrogen) atoms. The quantitative estimate of drug-likeness (QED) is 0.858. The molecule has 1 aliphatic carbocycles. The minimum atomic E-state index is -0.407. The van der Waals surface area contributed by atoms with Crippen molar-refractivity contribution in [2.24, 2.45) is 11.1 Å². The Morgan fingerprint density at radius 2 is 1.85 bits per heavy atom. The zero-order chi connectivity index (χ0) is 14.0. The highest BCUT2D eigenvalue weighted by Gasteiger charge is 2.39. The van der Waals surface area contributed by atoms with Crippen molar-refractivity contribution in [1.82, 2.24) is 0 Å². The molecule has 3 rings (SSSR count). The molecule has 2 aliphatic rings. The second kappa shape index (κ2) is 5.66. The average molecular weight is 273 g/mol. The first-order chi connectivity index (χ1) is 9.75. The van der Waals surface area contributed by atoms with Gasteiger partial charge < -0.3 is 10.5 Å². The molecule has 3 nitrogen and oxygen atoms in total. The van der Waals surface area contributed by atoms with Crippen molar-refractivity contribution in [1.29, 1.82) is 0 Å². The normalized spacial score (nSPS) is 22.2. The molecule has 1 saturated heterocycles. The number of Topliss-reactive ketones (excluding diaryl/α,β-unsaturated/α-hetero) is 1. The molecule has 3 heteroatoms. The summed E-state index contributed by atoms with van der Waals surface area (Å²) in [7, 11) is 0. The smallest absolute Gasteiger partial charge is 0.170 e. The highest BCUT2D eigenvalue weighted by Crippen LogP contribution is 2.37. The van der Waals surface area contributed by atoms with Gasteiger partial charge in [0.15, 0.2) is 5.78 Å². The molecule has 0 atom stereocenters. The molecule has 0 bridgehead atoms. The molecule has 1 aromatic rings. The summed E-state index contributed by atoms with van der Waals surface area (Å²) < 4.78 is 5.38. The lowest BCUT2D eigenvalue weighted by Gasteiger charge is -2.34. The average Bonchev–Trinajstić information content (AvgIpc) is 2.46. The van der Waals surface area contributed by atoms with Gasteiger partial charge in [-0.15, -0.1) is 0 Å². The molecule has 0 aromatic heterocycles. The van der Waals surface area contributed by atoms with Crippen molar-refractivity contribution in [3.8, 4) is 0 Å². The van der Waals surface area contributed by atoms with Gasteiger partial charge in [-0.05, 0) is 37.2 Å². The summed E-state index contributed by atoms with van der Waals surface area (Å²) in [6.45, 7) is 1.70. The molecule has 0 radical (unpaired) electrons. The molecule has 1 aromatic carbocycles. The second-order valence-electron chi connectivity index (χ2n) is 6.18. The van der Waals surface area contributed by atoms with Crippen LogP contribution in [0.4, 0.5) is 0 Å². The van der Waals surface area contributed by atoms with Crippen LogP contribution in [-0.4, -0.2) is 25.5 Å². The van der Waals surface area contributed by atoms with E-state index in [9.17, 15) is 4.79 Å². The molecule has 2 N–H and O–H groups in total. The Labute approximate surface area is 120 Å². The number of nitrogens with two attached hydrogens (primary N) is 1. The Hall–Kier alpha value is -1.19. The van der Waals surface area contributed by atoms with E-state index < -0.39 is 5.41 Å². The fourth-order valence-electron chi connectivity index (χ4n) is 3.24. The molecule has 0 amide bonds. The predicted octanol–water partition coefficient (Wildman–Crippen LogP) is 2.89. The summed E-state index contributed by atoms with van der Waals surface area (Å²) in [5, 5.41) is 0. The van der Waals surface area contributed by atoms with Crippen LogP contribution >= 0.6 is 0 Å². The van der Waals surface area contributed by atoms with Gasteiger partial charge >= 0.3 is 0 Å². The fourth-order valence-corrected chi connectivity index (χ4v) is 3.24. The van der Waals surface area contributed by atoms with Crippen LogP contribution in [0.15, 0.2) is 24.3 Å². The maximum Gasteiger partial charge on any atom is 0.170 e. The number of hydrogen-bond acceptors (Lipinski definition) is 3. The molecular formula is C17H23NO2. The standard InChI is InChI=1S/C17H23NO2/c18-12-17(8-10-20-11-9-17)16(19)15-6-4-14(5-7-15)13-2-1-3-13/h4-7,13H,1-3,8-12,18H2. The number of carbonyl (C=O) groups excluding carboxylic acids is 1. The zero-order valence-corrected chi connectivity index (χ0v) is 11.9. The molecule has 0 spiro atoms. The van der Waals surface area contributed by atoms with Crippen molar-refractivity contribution >= 4 is 5.78 Å². The summed E-state index contributed by atoms with van der Waals surface area (Å²) in [5.74, 6) is 0.911. The van der Waals surface area contributed by atoms with E-state index in [1.54, 1.807) is 0 Å². The van der Waals surface area contributed by atoms with Crippen LogP contribution in [0.3, 0.4) is 0 Å². The molecule has 1 heterocycles. The van der Waals surface area contributed by atoms with Crippen LogP contribution in [0, 0.1) is 5.41 Å². The minimum Gasteiger partial charge on any atom is -0.381 e. The minimum absolute atomic E-state index is 0.198. The van der Waals surface area contributed by atoms with Gasteiger partial charge in [0, 0.05) is 25.3 Å². The van der Waals surface area contributed by atoms with Crippen LogP contribution in [0.5, 0.6) is 0 Å². The first kappa shape index (κ1) is 13.8. The maximum atomic E-state index is 12.8. The van der Waals surface area contributed by atoms with Gasteiger partial charge in [0.25, 0.3) is 0 Å². The third kappa shape index (κ3) is 2.40. The lowest BCUT2D eigenvalue weighted by molar-refractivity contribution is 0.0200. The Bertz CT molecular complexity index is 470. The first-order valence-corrected chi connectivity index (χ1v) is 7.68. The van der Waals surface area contributed by atoms with Crippen molar-refractivity contribution in [3.63, 3.8) is 0 Å². The monoisotopic (exact) mass is 273 g/mol. The fraction of sp³-hybridized carbons (Fsp3) is 0.588. The highest BCUT2D eigenvalue weighted by molar-refractivity contribution is 6.00. The van der Waals surface area contributed by atoms with Crippen molar-refractivity contribution in [3.05, 3.63) is 35.4 Å². The van der Waals surface area contributed by atoms with Gasteiger partial charge in [-0.1, -0.05) is 30.7 Å². The van der Waals surface area contributed by atoms with Gasteiger partial charge in [0.05, 0.1) is 5.41 Å². The zero-order valence-electron chi connectivity index (χ0n) is 11.9. The summed E-state index contributed by atoms with van der Waals surface area (Å²) >= 11 is 0. The van der Waals surface area contributed by atoms with Gasteiger partial charge in [0.1, 0.15) is 0 Å².